The molecule has 1 aromatic heterocycles. The molecule has 0 spiro atoms. The molecule has 9 heteroatoms. The molecule has 0 bridgehead atoms. The topological polar surface area (TPSA) is 109 Å². The highest BCUT2D eigenvalue weighted by atomic mass is 32.2. The van der Waals surface area contributed by atoms with Crippen LogP contribution in [0.3, 0.4) is 0 Å². The summed E-state index contributed by atoms with van der Waals surface area (Å²) in [6, 6.07) is 9.21. The lowest BCUT2D eigenvalue weighted by molar-refractivity contribution is -0.119. The Kier molecular flexibility index (Phi) is 5.38. The Balaban J connectivity index is 1.61. The van der Waals surface area contributed by atoms with Gasteiger partial charge in [-0.2, -0.15) is 4.31 Å². The zero-order chi connectivity index (χ0) is 18.6. The summed E-state index contributed by atoms with van der Waals surface area (Å²) < 4.78 is 31.4. The molecule has 26 heavy (non-hydrogen) atoms. The minimum Gasteiger partial charge on any atom is -0.451 e. The van der Waals surface area contributed by atoms with Gasteiger partial charge in [0.1, 0.15) is 5.69 Å². The molecular weight excluding hydrogens is 358 g/mol. The summed E-state index contributed by atoms with van der Waals surface area (Å²) in [5.74, 6) is -1.20. The highest BCUT2D eigenvalue weighted by molar-refractivity contribution is 7.89. The van der Waals surface area contributed by atoms with Crippen molar-refractivity contribution in [2.24, 2.45) is 0 Å². The lowest BCUT2D eigenvalue weighted by Crippen LogP contribution is -2.28. The number of amides is 1. The second-order valence-corrected chi connectivity index (χ2v) is 7.79. The Morgan fingerprint density at radius 1 is 1.15 bits per heavy atom. The number of H-pyrrole nitrogens is 1. The third-order valence-corrected chi connectivity index (χ3v) is 5.87. The molecule has 1 aromatic carbocycles. The Bertz CT molecular complexity index is 887. The summed E-state index contributed by atoms with van der Waals surface area (Å²) in [6.45, 7) is 0.544. The first-order chi connectivity index (χ1) is 12.5. The van der Waals surface area contributed by atoms with Gasteiger partial charge in [-0.3, -0.25) is 4.79 Å². The van der Waals surface area contributed by atoms with Gasteiger partial charge in [0.05, 0.1) is 4.90 Å². The molecule has 0 aliphatic carbocycles. The average Bonchev–Trinajstić information content (AvgIpc) is 3.33. The number of aromatic nitrogens is 1. The van der Waals surface area contributed by atoms with E-state index in [0.29, 0.717) is 18.8 Å². The van der Waals surface area contributed by atoms with Crippen molar-refractivity contribution in [3.63, 3.8) is 0 Å². The molecule has 0 unspecified atom stereocenters. The van der Waals surface area contributed by atoms with Crippen molar-refractivity contribution >= 4 is 27.6 Å². The summed E-state index contributed by atoms with van der Waals surface area (Å²) in [4.78, 5) is 26.4. The molecular formula is C17H19N3O5S. The first kappa shape index (κ1) is 18.2. The van der Waals surface area contributed by atoms with Crippen LogP contribution in [0.25, 0.3) is 0 Å². The Morgan fingerprint density at radius 2 is 1.92 bits per heavy atom. The number of aromatic amines is 1. The minimum absolute atomic E-state index is 0.126. The number of carbonyl (C=O) groups is 2. The van der Waals surface area contributed by atoms with Crippen molar-refractivity contribution in [1.82, 2.24) is 9.29 Å². The molecule has 1 saturated heterocycles. The number of ether oxygens (including phenoxy) is 1. The lowest BCUT2D eigenvalue weighted by atomic mass is 10.3. The molecule has 138 valence electrons. The number of sulfonamides is 1. The van der Waals surface area contributed by atoms with Crippen LogP contribution in [0.1, 0.15) is 23.3 Å². The van der Waals surface area contributed by atoms with Crippen molar-refractivity contribution in [2.45, 2.75) is 17.7 Å². The van der Waals surface area contributed by atoms with Gasteiger partial charge in [-0.1, -0.05) is 6.07 Å². The van der Waals surface area contributed by atoms with Crippen molar-refractivity contribution in [1.29, 1.82) is 0 Å². The fraction of sp³-hybridized carbons (Fsp3) is 0.294. The van der Waals surface area contributed by atoms with Crippen LogP contribution < -0.4 is 5.32 Å². The molecule has 1 fully saturated rings. The number of nitrogens with zero attached hydrogens (tertiary/aromatic N) is 1. The van der Waals surface area contributed by atoms with Crippen LogP contribution in [0, 0.1) is 0 Å². The van der Waals surface area contributed by atoms with Crippen LogP contribution in [-0.2, 0) is 19.6 Å². The number of rotatable bonds is 6. The van der Waals surface area contributed by atoms with Gasteiger partial charge in [0.15, 0.2) is 6.61 Å². The smallest absolute Gasteiger partial charge is 0.355 e. The SMILES string of the molecule is O=C(COC(=O)c1ccc[nH]1)Nc1cccc(S(=O)(=O)N2CCCC2)c1. The number of hydrogen-bond acceptors (Lipinski definition) is 5. The van der Waals surface area contributed by atoms with Crippen molar-refractivity contribution in [3.8, 4) is 0 Å². The van der Waals surface area contributed by atoms with Gasteiger partial charge in [-0.05, 0) is 43.2 Å². The van der Waals surface area contributed by atoms with Crippen molar-refractivity contribution < 1.29 is 22.7 Å². The van der Waals surface area contributed by atoms with Crippen LogP contribution in [0.4, 0.5) is 5.69 Å². The van der Waals surface area contributed by atoms with E-state index in [2.05, 4.69) is 10.3 Å². The molecule has 1 aliphatic heterocycles. The summed E-state index contributed by atoms with van der Waals surface area (Å²) in [5, 5.41) is 2.54. The largest absolute Gasteiger partial charge is 0.451 e. The van der Waals surface area contributed by atoms with Crippen LogP contribution in [0.15, 0.2) is 47.5 Å². The number of anilines is 1. The quantitative estimate of drug-likeness (QED) is 0.743. The molecule has 2 aromatic rings. The second kappa shape index (κ2) is 7.71. The van der Waals surface area contributed by atoms with E-state index in [9.17, 15) is 18.0 Å². The predicted molar refractivity (Wildman–Crippen MR) is 94.1 cm³/mol. The summed E-state index contributed by atoms with van der Waals surface area (Å²) in [5.41, 5.74) is 0.572. The predicted octanol–water partition coefficient (Wildman–Crippen LogP) is 1.59. The highest BCUT2D eigenvalue weighted by Gasteiger charge is 2.27. The second-order valence-electron chi connectivity index (χ2n) is 5.85. The van der Waals surface area contributed by atoms with Gasteiger partial charge < -0.3 is 15.0 Å². The summed E-state index contributed by atoms with van der Waals surface area (Å²) >= 11 is 0. The molecule has 0 atom stereocenters. The molecule has 0 saturated carbocycles. The van der Waals surface area contributed by atoms with Gasteiger partial charge in [-0.15, -0.1) is 0 Å². The Labute approximate surface area is 151 Å². The number of esters is 1. The molecule has 2 N–H and O–H groups in total. The zero-order valence-electron chi connectivity index (χ0n) is 14.0. The zero-order valence-corrected chi connectivity index (χ0v) is 14.8. The first-order valence-corrected chi connectivity index (χ1v) is 9.61. The van der Waals surface area contributed by atoms with Gasteiger partial charge >= 0.3 is 5.97 Å². The lowest BCUT2D eigenvalue weighted by Gasteiger charge is -2.16. The minimum atomic E-state index is -3.56. The summed E-state index contributed by atoms with van der Waals surface area (Å²) in [7, 11) is -3.56. The monoisotopic (exact) mass is 377 g/mol. The molecule has 3 rings (SSSR count). The third kappa shape index (κ3) is 4.12. The van der Waals surface area contributed by atoms with Crippen molar-refractivity contribution in [2.75, 3.05) is 25.0 Å². The molecule has 8 nitrogen and oxygen atoms in total. The van der Waals surface area contributed by atoms with E-state index in [1.165, 1.54) is 22.5 Å². The fourth-order valence-electron chi connectivity index (χ4n) is 2.68. The maximum atomic E-state index is 12.6. The average molecular weight is 377 g/mol. The van der Waals surface area contributed by atoms with E-state index < -0.39 is 28.5 Å². The van der Waals surface area contributed by atoms with E-state index in [0.717, 1.165) is 12.8 Å². The Morgan fingerprint density at radius 3 is 2.62 bits per heavy atom. The third-order valence-electron chi connectivity index (χ3n) is 3.97. The van der Waals surface area contributed by atoms with Crippen LogP contribution in [0.2, 0.25) is 0 Å². The van der Waals surface area contributed by atoms with E-state index >= 15 is 0 Å². The van der Waals surface area contributed by atoms with E-state index in [1.54, 1.807) is 24.4 Å². The van der Waals surface area contributed by atoms with Gasteiger partial charge in [-0.25, -0.2) is 13.2 Å². The van der Waals surface area contributed by atoms with Crippen molar-refractivity contribution in [3.05, 3.63) is 48.3 Å². The molecule has 1 aliphatic rings. The molecule has 0 radical (unpaired) electrons. The molecule has 1 amide bonds. The highest BCUT2D eigenvalue weighted by Crippen LogP contribution is 2.23. The molecule has 2 heterocycles. The summed E-state index contributed by atoms with van der Waals surface area (Å²) in [6.07, 6.45) is 3.27. The van der Waals surface area contributed by atoms with Crippen LogP contribution >= 0.6 is 0 Å². The normalized spacial score (nSPS) is 14.9. The van der Waals surface area contributed by atoms with Gasteiger partial charge in [0.2, 0.25) is 10.0 Å². The van der Waals surface area contributed by atoms with E-state index in [-0.39, 0.29) is 10.6 Å². The first-order valence-electron chi connectivity index (χ1n) is 8.17. The number of nitrogens with one attached hydrogen (secondary N) is 2. The number of carbonyl (C=O) groups excluding carboxylic acids is 2. The number of benzene rings is 1. The van der Waals surface area contributed by atoms with Gasteiger partial charge in [0, 0.05) is 25.0 Å². The number of hydrogen-bond donors (Lipinski definition) is 2. The van der Waals surface area contributed by atoms with Gasteiger partial charge in [0.25, 0.3) is 5.91 Å². The van der Waals surface area contributed by atoms with E-state index in [1.807, 2.05) is 0 Å². The van der Waals surface area contributed by atoms with Crippen LogP contribution in [-0.4, -0.2) is 49.3 Å². The fourth-order valence-corrected chi connectivity index (χ4v) is 4.24. The maximum absolute atomic E-state index is 12.6. The van der Waals surface area contributed by atoms with E-state index in [4.69, 9.17) is 4.74 Å². The standard InChI is InChI=1S/C17H19N3O5S/c21-16(12-25-17(22)15-7-4-8-18-15)19-13-5-3-6-14(11-13)26(23,24)20-9-1-2-10-20/h3-8,11,18H,1-2,9-10,12H2,(H,19,21). The Hall–Kier alpha value is -2.65. The van der Waals surface area contributed by atoms with Crippen LogP contribution in [0.5, 0.6) is 0 Å². The maximum Gasteiger partial charge on any atom is 0.355 e.